The Hall–Kier alpha value is -2.88. The maximum Gasteiger partial charge on any atom is 0.262 e. The highest BCUT2D eigenvalue weighted by Gasteiger charge is 2.17. The molecule has 0 unspecified atom stereocenters. The number of carbonyl (C=O) groups excluding carboxylic acids is 1. The lowest BCUT2D eigenvalue weighted by atomic mass is 10.1. The van der Waals surface area contributed by atoms with Crippen molar-refractivity contribution in [3.05, 3.63) is 72.0 Å². The van der Waals surface area contributed by atoms with Gasteiger partial charge in [-0.1, -0.05) is 42.5 Å². The van der Waals surface area contributed by atoms with Crippen LogP contribution in [0.2, 0.25) is 0 Å². The zero-order valence-corrected chi connectivity index (χ0v) is 11.0. The third-order valence-electron chi connectivity index (χ3n) is 3.26. The number of phenols is 1. The number of anilines is 1. The Morgan fingerprint density at radius 1 is 0.952 bits per heavy atom. The molecule has 3 aromatic rings. The van der Waals surface area contributed by atoms with Crippen LogP contribution in [0.5, 0.6) is 5.75 Å². The van der Waals surface area contributed by atoms with Crippen molar-refractivity contribution >= 4 is 22.4 Å². The molecule has 3 nitrogen and oxygen atoms in total. The van der Waals surface area contributed by atoms with Crippen molar-refractivity contribution < 1.29 is 14.3 Å². The number of hydrogen-bond acceptors (Lipinski definition) is 2. The van der Waals surface area contributed by atoms with Gasteiger partial charge in [-0.2, -0.15) is 0 Å². The van der Waals surface area contributed by atoms with E-state index >= 15 is 0 Å². The lowest BCUT2D eigenvalue weighted by Gasteiger charge is -2.10. The molecular weight excluding hydrogens is 269 g/mol. The van der Waals surface area contributed by atoms with Gasteiger partial charge in [0.2, 0.25) is 0 Å². The van der Waals surface area contributed by atoms with Gasteiger partial charge >= 0.3 is 0 Å². The Morgan fingerprint density at radius 2 is 1.67 bits per heavy atom. The standard InChI is InChI=1S/C17H12FNO2/c18-13-8-4-10-15(20)16(13)17(21)19-14-9-3-6-11-5-1-2-7-12(11)14/h1-10,20H,(H,19,21). The quantitative estimate of drug-likeness (QED) is 0.747. The van der Waals surface area contributed by atoms with E-state index in [0.717, 1.165) is 16.8 Å². The molecule has 0 saturated heterocycles. The molecule has 0 atom stereocenters. The molecule has 0 bridgehead atoms. The summed E-state index contributed by atoms with van der Waals surface area (Å²) in [7, 11) is 0. The first kappa shape index (κ1) is 13.1. The van der Waals surface area contributed by atoms with Gasteiger partial charge in [-0.25, -0.2) is 4.39 Å². The monoisotopic (exact) mass is 281 g/mol. The smallest absolute Gasteiger partial charge is 0.262 e. The van der Waals surface area contributed by atoms with Crippen LogP contribution in [-0.4, -0.2) is 11.0 Å². The summed E-state index contributed by atoms with van der Waals surface area (Å²) in [6.45, 7) is 0. The van der Waals surface area contributed by atoms with Gasteiger partial charge < -0.3 is 10.4 Å². The van der Waals surface area contributed by atoms with Crippen molar-refractivity contribution in [3.8, 4) is 5.75 Å². The van der Waals surface area contributed by atoms with E-state index in [9.17, 15) is 14.3 Å². The molecule has 0 fully saturated rings. The lowest BCUT2D eigenvalue weighted by Crippen LogP contribution is -2.14. The van der Waals surface area contributed by atoms with Gasteiger partial charge in [0.1, 0.15) is 17.1 Å². The van der Waals surface area contributed by atoms with Crippen LogP contribution >= 0.6 is 0 Å². The predicted molar refractivity (Wildman–Crippen MR) is 80.0 cm³/mol. The van der Waals surface area contributed by atoms with Crippen molar-refractivity contribution in [1.29, 1.82) is 0 Å². The first-order valence-electron chi connectivity index (χ1n) is 6.43. The molecule has 0 aliphatic rings. The number of nitrogens with one attached hydrogen (secondary N) is 1. The van der Waals surface area contributed by atoms with Crippen molar-refractivity contribution in [2.75, 3.05) is 5.32 Å². The molecule has 0 aromatic heterocycles. The van der Waals surface area contributed by atoms with E-state index in [2.05, 4.69) is 5.32 Å². The molecule has 4 heteroatoms. The molecule has 0 heterocycles. The highest BCUT2D eigenvalue weighted by Crippen LogP contribution is 2.26. The fourth-order valence-corrected chi connectivity index (χ4v) is 2.26. The molecule has 1 amide bonds. The third-order valence-corrected chi connectivity index (χ3v) is 3.26. The minimum absolute atomic E-state index is 0.356. The number of amides is 1. The van der Waals surface area contributed by atoms with E-state index < -0.39 is 11.7 Å². The van der Waals surface area contributed by atoms with Crippen LogP contribution < -0.4 is 5.32 Å². The number of halogens is 1. The second kappa shape index (κ2) is 5.25. The van der Waals surface area contributed by atoms with Crippen molar-refractivity contribution in [1.82, 2.24) is 0 Å². The van der Waals surface area contributed by atoms with E-state index in [4.69, 9.17) is 0 Å². The molecular formula is C17H12FNO2. The number of rotatable bonds is 2. The Balaban J connectivity index is 2.01. The van der Waals surface area contributed by atoms with Crippen LogP contribution in [-0.2, 0) is 0 Å². The zero-order valence-electron chi connectivity index (χ0n) is 11.0. The van der Waals surface area contributed by atoms with Crippen LogP contribution in [0.4, 0.5) is 10.1 Å². The molecule has 2 N–H and O–H groups in total. The Kier molecular flexibility index (Phi) is 3.28. The summed E-state index contributed by atoms with van der Waals surface area (Å²) in [5, 5.41) is 14.1. The normalized spacial score (nSPS) is 10.5. The molecule has 0 saturated carbocycles. The Labute approximate surface area is 120 Å². The first-order chi connectivity index (χ1) is 10.2. The zero-order chi connectivity index (χ0) is 14.8. The van der Waals surface area contributed by atoms with Gasteiger partial charge in [-0.3, -0.25) is 4.79 Å². The van der Waals surface area contributed by atoms with Gasteiger partial charge in [0.15, 0.2) is 0 Å². The van der Waals surface area contributed by atoms with E-state index in [1.165, 1.54) is 12.1 Å². The number of fused-ring (bicyclic) bond motifs is 1. The highest BCUT2D eigenvalue weighted by atomic mass is 19.1. The van der Waals surface area contributed by atoms with Crippen LogP contribution in [0.3, 0.4) is 0 Å². The molecule has 0 aliphatic heterocycles. The second-order valence-electron chi connectivity index (χ2n) is 4.61. The molecule has 0 aliphatic carbocycles. The molecule has 3 aromatic carbocycles. The molecule has 3 rings (SSSR count). The van der Waals surface area contributed by atoms with E-state index in [1.54, 1.807) is 12.1 Å². The summed E-state index contributed by atoms with van der Waals surface area (Å²) < 4.78 is 13.7. The Morgan fingerprint density at radius 3 is 2.48 bits per heavy atom. The summed E-state index contributed by atoms with van der Waals surface area (Å²) >= 11 is 0. The summed E-state index contributed by atoms with van der Waals surface area (Å²) in [5.41, 5.74) is 0.214. The van der Waals surface area contributed by atoms with Gasteiger partial charge in [0.05, 0.1) is 0 Å². The molecule has 0 spiro atoms. The Bertz CT molecular complexity index is 804. The minimum Gasteiger partial charge on any atom is -0.507 e. The average molecular weight is 281 g/mol. The van der Waals surface area contributed by atoms with Crippen molar-refractivity contribution in [2.24, 2.45) is 0 Å². The van der Waals surface area contributed by atoms with Gasteiger partial charge in [-0.05, 0) is 23.6 Å². The largest absolute Gasteiger partial charge is 0.507 e. The summed E-state index contributed by atoms with van der Waals surface area (Å²) in [6.07, 6.45) is 0. The fraction of sp³-hybridized carbons (Fsp3) is 0. The van der Waals surface area contributed by atoms with Crippen LogP contribution in [0, 0.1) is 5.82 Å². The first-order valence-corrected chi connectivity index (χ1v) is 6.43. The number of aromatic hydroxyl groups is 1. The number of benzene rings is 3. The van der Waals surface area contributed by atoms with Gasteiger partial charge in [0.25, 0.3) is 5.91 Å². The molecule has 0 radical (unpaired) electrons. The van der Waals surface area contributed by atoms with Gasteiger partial charge in [0, 0.05) is 11.1 Å². The van der Waals surface area contributed by atoms with E-state index in [-0.39, 0.29) is 11.3 Å². The van der Waals surface area contributed by atoms with Crippen molar-refractivity contribution in [3.63, 3.8) is 0 Å². The fourth-order valence-electron chi connectivity index (χ4n) is 2.26. The third kappa shape index (κ3) is 2.43. The summed E-state index contributed by atoms with van der Waals surface area (Å²) in [4.78, 5) is 12.2. The predicted octanol–water partition coefficient (Wildman–Crippen LogP) is 3.94. The summed E-state index contributed by atoms with van der Waals surface area (Å²) in [5.74, 6) is -1.82. The number of phenolic OH excluding ortho intramolecular Hbond substituents is 1. The highest BCUT2D eigenvalue weighted by molar-refractivity contribution is 6.10. The second-order valence-corrected chi connectivity index (χ2v) is 4.61. The minimum atomic E-state index is -0.757. The molecule has 21 heavy (non-hydrogen) atoms. The lowest BCUT2D eigenvalue weighted by molar-refractivity contribution is 0.102. The number of hydrogen-bond donors (Lipinski definition) is 2. The maximum atomic E-state index is 13.7. The number of carbonyl (C=O) groups is 1. The van der Waals surface area contributed by atoms with Crippen LogP contribution in [0.15, 0.2) is 60.7 Å². The van der Waals surface area contributed by atoms with E-state index in [0.29, 0.717) is 5.69 Å². The van der Waals surface area contributed by atoms with Crippen LogP contribution in [0.25, 0.3) is 10.8 Å². The summed E-state index contributed by atoms with van der Waals surface area (Å²) in [6, 6.07) is 16.8. The van der Waals surface area contributed by atoms with Gasteiger partial charge in [-0.15, -0.1) is 0 Å². The molecule has 104 valence electrons. The van der Waals surface area contributed by atoms with E-state index in [1.807, 2.05) is 30.3 Å². The van der Waals surface area contributed by atoms with Crippen LogP contribution in [0.1, 0.15) is 10.4 Å². The topological polar surface area (TPSA) is 49.3 Å². The maximum absolute atomic E-state index is 13.7. The SMILES string of the molecule is O=C(Nc1cccc2ccccc12)c1c(O)cccc1F. The van der Waals surface area contributed by atoms with Crippen molar-refractivity contribution in [2.45, 2.75) is 0 Å². The average Bonchev–Trinajstić information content (AvgIpc) is 2.47.